The smallest absolute Gasteiger partial charge is 0.409 e. The van der Waals surface area contributed by atoms with E-state index in [0.717, 1.165) is 29.6 Å². The average Bonchev–Trinajstić information content (AvgIpc) is 3.26. The number of benzene rings is 1. The van der Waals surface area contributed by atoms with Gasteiger partial charge in [-0.3, -0.25) is 4.79 Å². The second kappa shape index (κ2) is 10.2. The Bertz CT molecular complexity index is 1150. The van der Waals surface area contributed by atoms with E-state index in [9.17, 15) is 9.59 Å². The maximum Gasteiger partial charge on any atom is 0.409 e. The number of carbonyl (C=O) groups excluding carboxylic acids is 2. The summed E-state index contributed by atoms with van der Waals surface area (Å²) < 4.78 is 13.4. The molecule has 0 spiro atoms. The molecule has 1 fully saturated rings. The van der Waals surface area contributed by atoms with Gasteiger partial charge in [0, 0.05) is 57.2 Å². The van der Waals surface area contributed by atoms with Crippen LogP contribution in [-0.4, -0.2) is 71.2 Å². The average molecular weight is 465 g/mol. The van der Waals surface area contributed by atoms with Crippen molar-refractivity contribution in [3.63, 3.8) is 0 Å². The second-order valence-corrected chi connectivity index (χ2v) is 9.29. The molecule has 0 aliphatic carbocycles. The zero-order valence-corrected chi connectivity index (χ0v) is 20.2. The molecular weight excluding hydrogens is 432 g/mol. The van der Waals surface area contributed by atoms with Gasteiger partial charge >= 0.3 is 6.09 Å². The molecule has 0 N–H and O–H groups in total. The molecule has 4 rings (SSSR count). The highest BCUT2D eigenvalue weighted by Crippen LogP contribution is 2.24. The van der Waals surface area contributed by atoms with E-state index in [4.69, 9.17) is 9.47 Å². The number of aromatic nitrogens is 2. The first-order valence-corrected chi connectivity index (χ1v) is 11.7. The zero-order chi connectivity index (χ0) is 24.2. The fourth-order valence-corrected chi connectivity index (χ4v) is 4.00. The number of rotatable bonds is 6. The molecule has 1 aliphatic rings. The number of piperidine rings is 1. The Morgan fingerprint density at radius 1 is 1.12 bits per heavy atom. The molecule has 0 atom stereocenters. The highest BCUT2D eigenvalue weighted by molar-refractivity contribution is 5.98. The van der Waals surface area contributed by atoms with Crippen molar-refractivity contribution in [2.75, 3.05) is 33.8 Å². The first kappa shape index (κ1) is 23.6. The first-order valence-electron chi connectivity index (χ1n) is 11.7. The summed E-state index contributed by atoms with van der Waals surface area (Å²) in [4.78, 5) is 32.3. The molecule has 3 aromatic rings. The van der Waals surface area contributed by atoms with E-state index < -0.39 is 0 Å². The molecule has 8 nitrogen and oxygen atoms in total. The largest absolute Gasteiger partial charge is 0.489 e. The molecule has 8 heteroatoms. The van der Waals surface area contributed by atoms with Crippen molar-refractivity contribution in [3.05, 3.63) is 54.4 Å². The van der Waals surface area contributed by atoms with E-state index in [0.29, 0.717) is 36.9 Å². The highest BCUT2D eigenvalue weighted by Gasteiger charge is 2.25. The van der Waals surface area contributed by atoms with Gasteiger partial charge in [-0.2, -0.15) is 0 Å². The SMILES string of the molecule is CC(C)COC(=O)N1CCC(Oc2ccc(-n3ccc4cc(C(=O)N(C)C)ccc43)nc2)CC1. The Balaban J connectivity index is 1.36. The molecule has 1 saturated heterocycles. The highest BCUT2D eigenvalue weighted by atomic mass is 16.6. The Morgan fingerprint density at radius 3 is 2.53 bits per heavy atom. The number of hydrogen-bond acceptors (Lipinski definition) is 5. The summed E-state index contributed by atoms with van der Waals surface area (Å²) in [6.07, 6.45) is 5.00. The fraction of sp³-hybridized carbons (Fsp3) is 0.423. The minimum atomic E-state index is -0.240. The van der Waals surface area contributed by atoms with Gasteiger partial charge in [0.1, 0.15) is 17.7 Å². The number of carbonyl (C=O) groups is 2. The number of ether oxygens (including phenoxy) is 2. The standard InChI is InChI=1S/C26H32N4O4/c1-18(2)17-33-26(32)29-12-10-21(11-13-29)34-22-6-8-24(27-16-22)30-14-9-19-15-20(5-7-23(19)30)25(31)28(3)4/h5-9,14-16,18,21H,10-13,17H2,1-4H3. The molecule has 2 aromatic heterocycles. The Morgan fingerprint density at radius 2 is 1.88 bits per heavy atom. The summed E-state index contributed by atoms with van der Waals surface area (Å²) in [5.74, 6) is 1.79. The van der Waals surface area contributed by atoms with E-state index in [1.807, 2.05) is 61.0 Å². The van der Waals surface area contributed by atoms with Crippen molar-refractivity contribution in [1.82, 2.24) is 19.4 Å². The molecule has 0 radical (unpaired) electrons. The molecule has 0 bridgehead atoms. The Kier molecular flexibility index (Phi) is 7.05. The van der Waals surface area contributed by atoms with Crippen LogP contribution in [0.5, 0.6) is 5.75 Å². The van der Waals surface area contributed by atoms with Gasteiger partial charge in [-0.05, 0) is 42.3 Å². The van der Waals surface area contributed by atoms with Gasteiger partial charge in [-0.1, -0.05) is 13.8 Å². The zero-order valence-electron chi connectivity index (χ0n) is 20.2. The van der Waals surface area contributed by atoms with E-state index in [1.54, 1.807) is 30.1 Å². The van der Waals surface area contributed by atoms with E-state index in [1.165, 1.54) is 0 Å². The second-order valence-electron chi connectivity index (χ2n) is 9.29. The van der Waals surface area contributed by atoms with E-state index >= 15 is 0 Å². The molecule has 2 amide bonds. The van der Waals surface area contributed by atoms with Gasteiger partial charge in [0.15, 0.2) is 0 Å². The molecule has 0 saturated carbocycles. The lowest BCUT2D eigenvalue weighted by atomic mass is 10.1. The predicted molar refractivity (Wildman–Crippen MR) is 130 cm³/mol. The number of nitrogens with zero attached hydrogens (tertiary/aromatic N) is 4. The molecule has 1 aromatic carbocycles. The summed E-state index contributed by atoms with van der Waals surface area (Å²) in [6.45, 7) is 5.74. The maximum absolute atomic E-state index is 12.2. The van der Waals surface area contributed by atoms with Crippen LogP contribution in [-0.2, 0) is 4.74 Å². The number of likely N-dealkylation sites (tertiary alicyclic amines) is 1. The number of fused-ring (bicyclic) bond motifs is 1. The van der Waals surface area contributed by atoms with Crippen molar-refractivity contribution in [2.45, 2.75) is 32.8 Å². The van der Waals surface area contributed by atoms with Crippen LogP contribution >= 0.6 is 0 Å². The molecule has 34 heavy (non-hydrogen) atoms. The topological polar surface area (TPSA) is 76.9 Å². The molecular formula is C26H32N4O4. The minimum absolute atomic E-state index is 0.0208. The first-order chi connectivity index (χ1) is 16.3. The quantitative estimate of drug-likeness (QED) is 0.542. The van der Waals surface area contributed by atoms with Crippen molar-refractivity contribution in [1.29, 1.82) is 0 Å². The van der Waals surface area contributed by atoms with Crippen molar-refractivity contribution >= 4 is 22.9 Å². The lowest BCUT2D eigenvalue weighted by Crippen LogP contribution is -2.42. The summed E-state index contributed by atoms with van der Waals surface area (Å²) in [5.41, 5.74) is 1.64. The predicted octanol–water partition coefficient (Wildman–Crippen LogP) is 4.36. The van der Waals surface area contributed by atoms with E-state index in [-0.39, 0.29) is 18.1 Å². The third-order valence-electron chi connectivity index (χ3n) is 5.85. The summed E-state index contributed by atoms with van der Waals surface area (Å²) >= 11 is 0. The van der Waals surface area contributed by atoms with Gasteiger partial charge in [-0.25, -0.2) is 9.78 Å². The monoisotopic (exact) mass is 464 g/mol. The van der Waals surface area contributed by atoms with Gasteiger partial charge in [0.05, 0.1) is 18.3 Å². The fourth-order valence-electron chi connectivity index (χ4n) is 4.00. The van der Waals surface area contributed by atoms with E-state index in [2.05, 4.69) is 4.98 Å². The van der Waals surface area contributed by atoms with Gasteiger partial charge < -0.3 is 23.8 Å². The number of amides is 2. The van der Waals surface area contributed by atoms with Crippen LogP contribution in [0.25, 0.3) is 16.7 Å². The summed E-state index contributed by atoms with van der Waals surface area (Å²) in [5, 5.41) is 0.980. The van der Waals surface area contributed by atoms with Gasteiger partial charge in [-0.15, -0.1) is 0 Å². The van der Waals surface area contributed by atoms with Crippen LogP contribution in [0, 0.1) is 5.92 Å². The lowest BCUT2D eigenvalue weighted by Gasteiger charge is -2.31. The number of pyridine rings is 1. The van der Waals surface area contributed by atoms with Crippen molar-refractivity contribution in [3.8, 4) is 11.6 Å². The van der Waals surface area contributed by atoms with Crippen LogP contribution in [0.15, 0.2) is 48.8 Å². The normalized spacial score (nSPS) is 14.4. The summed E-state index contributed by atoms with van der Waals surface area (Å²) in [7, 11) is 3.49. The molecule has 0 unspecified atom stereocenters. The minimum Gasteiger partial charge on any atom is -0.489 e. The van der Waals surface area contributed by atoms with Crippen LogP contribution in [0.4, 0.5) is 4.79 Å². The van der Waals surface area contributed by atoms with Crippen LogP contribution in [0.1, 0.15) is 37.0 Å². The van der Waals surface area contributed by atoms with Crippen molar-refractivity contribution < 1.29 is 19.1 Å². The van der Waals surface area contributed by atoms with Gasteiger partial charge in [0.2, 0.25) is 0 Å². The van der Waals surface area contributed by atoms with Crippen LogP contribution in [0.2, 0.25) is 0 Å². The van der Waals surface area contributed by atoms with Crippen LogP contribution in [0.3, 0.4) is 0 Å². The number of hydrogen-bond donors (Lipinski definition) is 0. The van der Waals surface area contributed by atoms with Crippen molar-refractivity contribution in [2.24, 2.45) is 5.92 Å². The van der Waals surface area contributed by atoms with Gasteiger partial charge in [0.25, 0.3) is 5.91 Å². The maximum atomic E-state index is 12.2. The Labute approximate surface area is 200 Å². The lowest BCUT2D eigenvalue weighted by molar-refractivity contribution is 0.0617. The molecule has 3 heterocycles. The van der Waals surface area contributed by atoms with Crippen LogP contribution < -0.4 is 4.74 Å². The third kappa shape index (κ3) is 5.32. The molecule has 180 valence electrons. The Hall–Kier alpha value is -3.55. The molecule has 1 aliphatic heterocycles. The third-order valence-corrected chi connectivity index (χ3v) is 5.85. The summed E-state index contributed by atoms with van der Waals surface area (Å²) in [6, 6.07) is 11.5.